The molecule has 0 N–H and O–H groups in total. The minimum absolute atomic E-state index is 0.393. The molecule has 84 valence electrons. The molecule has 3 nitrogen and oxygen atoms in total. The molecule has 0 bridgehead atoms. The van der Waals surface area contributed by atoms with Crippen molar-refractivity contribution in [3.63, 3.8) is 0 Å². The highest BCUT2D eigenvalue weighted by atomic mass is 32.2. The van der Waals surface area contributed by atoms with Gasteiger partial charge in [0.15, 0.2) is 0 Å². The Bertz CT molecular complexity index is 454. The fourth-order valence-corrected chi connectivity index (χ4v) is 1.94. The standard InChI is InChI=1S/C9H10F2O3S/c1-6-5-7(3-4-8(6)14-2)15(12,13)9(10)11/h3-5,9H,1-2H3. The molecule has 0 saturated carbocycles. The van der Waals surface area contributed by atoms with Crippen LogP contribution in [0.3, 0.4) is 0 Å². The van der Waals surface area contributed by atoms with Gasteiger partial charge in [-0.15, -0.1) is 0 Å². The van der Waals surface area contributed by atoms with E-state index in [-0.39, 0.29) is 0 Å². The van der Waals surface area contributed by atoms with Crippen LogP contribution in [0, 0.1) is 6.92 Å². The number of aryl methyl sites for hydroxylation is 1. The molecule has 0 fully saturated rings. The third kappa shape index (κ3) is 2.26. The summed E-state index contributed by atoms with van der Waals surface area (Å²) in [7, 11) is -3.09. The quantitative estimate of drug-likeness (QED) is 0.806. The summed E-state index contributed by atoms with van der Waals surface area (Å²) in [6.45, 7) is 1.59. The van der Waals surface area contributed by atoms with E-state index in [2.05, 4.69) is 0 Å². The molecule has 1 aromatic rings. The Morgan fingerprint density at radius 1 is 1.33 bits per heavy atom. The Balaban J connectivity index is 3.25. The fourth-order valence-electron chi connectivity index (χ4n) is 1.13. The number of rotatable bonds is 3. The zero-order valence-electron chi connectivity index (χ0n) is 8.20. The molecule has 0 atom stereocenters. The first kappa shape index (κ1) is 11.9. The minimum atomic E-state index is -4.51. The first-order chi connectivity index (χ1) is 6.89. The molecule has 0 unspecified atom stereocenters. The summed E-state index contributed by atoms with van der Waals surface area (Å²) in [4.78, 5) is -0.393. The molecule has 1 rings (SSSR count). The fraction of sp³-hybridized carbons (Fsp3) is 0.333. The summed E-state index contributed by atoms with van der Waals surface area (Å²) in [6.07, 6.45) is 0. The molecular formula is C9H10F2O3S. The zero-order valence-corrected chi connectivity index (χ0v) is 9.01. The summed E-state index contributed by atoms with van der Waals surface area (Å²) in [6, 6.07) is 3.62. The van der Waals surface area contributed by atoms with E-state index in [0.29, 0.717) is 11.3 Å². The number of hydrogen-bond acceptors (Lipinski definition) is 3. The molecule has 1 aromatic carbocycles. The zero-order chi connectivity index (χ0) is 11.6. The average Bonchev–Trinajstić information content (AvgIpc) is 2.17. The molecule has 0 aliphatic rings. The van der Waals surface area contributed by atoms with Gasteiger partial charge in [-0.05, 0) is 30.7 Å². The lowest BCUT2D eigenvalue weighted by atomic mass is 10.2. The predicted molar refractivity (Wildman–Crippen MR) is 50.9 cm³/mol. The van der Waals surface area contributed by atoms with Crippen molar-refractivity contribution < 1.29 is 21.9 Å². The van der Waals surface area contributed by atoms with Gasteiger partial charge in [0, 0.05) is 0 Å². The second-order valence-corrected chi connectivity index (χ2v) is 4.85. The maximum atomic E-state index is 12.2. The molecule has 0 aliphatic carbocycles. The first-order valence-electron chi connectivity index (χ1n) is 4.06. The van der Waals surface area contributed by atoms with Gasteiger partial charge in [-0.2, -0.15) is 8.78 Å². The van der Waals surface area contributed by atoms with Crippen molar-refractivity contribution in [1.29, 1.82) is 0 Å². The lowest BCUT2D eigenvalue weighted by Crippen LogP contribution is -2.11. The predicted octanol–water partition coefficient (Wildman–Crippen LogP) is 2.00. The molecular weight excluding hydrogens is 226 g/mol. The van der Waals surface area contributed by atoms with Crippen LogP contribution < -0.4 is 4.74 Å². The summed E-state index contributed by atoms with van der Waals surface area (Å²) in [5.74, 6) is -2.94. The number of benzene rings is 1. The Hall–Kier alpha value is -1.17. The molecule has 15 heavy (non-hydrogen) atoms. The van der Waals surface area contributed by atoms with Crippen molar-refractivity contribution in [2.75, 3.05) is 7.11 Å². The normalized spacial score (nSPS) is 11.8. The second-order valence-electron chi connectivity index (χ2n) is 2.94. The number of hydrogen-bond donors (Lipinski definition) is 0. The van der Waals surface area contributed by atoms with E-state index in [1.54, 1.807) is 6.92 Å². The van der Waals surface area contributed by atoms with Crippen LogP contribution >= 0.6 is 0 Å². The lowest BCUT2D eigenvalue weighted by molar-refractivity contribution is 0.234. The SMILES string of the molecule is COc1ccc(S(=O)(=O)C(F)F)cc1C. The van der Waals surface area contributed by atoms with Gasteiger partial charge in [-0.1, -0.05) is 0 Å². The van der Waals surface area contributed by atoms with Crippen LogP contribution in [0.5, 0.6) is 5.75 Å². The van der Waals surface area contributed by atoms with Gasteiger partial charge in [0.1, 0.15) is 5.75 Å². The molecule has 0 radical (unpaired) electrons. The van der Waals surface area contributed by atoms with E-state index in [0.717, 1.165) is 6.07 Å². The first-order valence-corrected chi connectivity index (χ1v) is 5.61. The number of alkyl halides is 2. The number of ether oxygens (including phenoxy) is 1. The highest BCUT2D eigenvalue weighted by molar-refractivity contribution is 7.91. The largest absolute Gasteiger partial charge is 0.496 e. The van der Waals surface area contributed by atoms with Crippen LogP contribution in [0.2, 0.25) is 0 Å². The molecule has 0 aromatic heterocycles. The van der Waals surface area contributed by atoms with Gasteiger partial charge < -0.3 is 4.74 Å². The van der Waals surface area contributed by atoms with Crippen LogP contribution in [0.15, 0.2) is 23.1 Å². The molecule has 0 aliphatic heterocycles. The third-order valence-corrected chi connectivity index (χ3v) is 3.31. The Labute approximate surface area is 86.6 Å². The van der Waals surface area contributed by atoms with Gasteiger partial charge in [0.2, 0.25) is 9.84 Å². The molecule has 0 saturated heterocycles. The molecule has 0 spiro atoms. The smallest absolute Gasteiger partial charge is 0.341 e. The van der Waals surface area contributed by atoms with Crippen LogP contribution in [0.25, 0.3) is 0 Å². The van der Waals surface area contributed by atoms with Gasteiger partial charge >= 0.3 is 5.76 Å². The van der Waals surface area contributed by atoms with Crippen molar-refractivity contribution in [3.8, 4) is 5.75 Å². The summed E-state index contributed by atoms with van der Waals surface area (Å²) in [5.41, 5.74) is 0.499. The summed E-state index contributed by atoms with van der Waals surface area (Å²) >= 11 is 0. The van der Waals surface area contributed by atoms with Crippen molar-refractivity contribution >= 4 is 9.84 Å². The van der Waals surface area contributed by atoms with Crippen molar-refractivity contribution in [2.45, 2.75) is 17.6 Å². The topological polar surface area (TPSA) is 43.4 Å². The van der Waals surface area contributed by atoms with Crippen LogP contribution in [-0.2, 0) is 9.84 Å². The highest BCUT2D eigenvalue weighted by Gasteiger charge is 2.26. The maximum Gasteiger partial charge on any atom is 0.341 e. The van der Waals surface area contributed by atoms with Crippen molar-refractivity contribution in [2.24, 2.45) is 0 Å². The summed E-state index contributed by atoms with van der Waals surface area (Å²) < 4.78 is 51.5. The highest BCUT2D eigenvalue weighted by Crippen LogP contribution is 2.24. The van der Waals surface area contributed by atoms with E-state index < -0.39 is 20.5 Å². The number of methoxy groups -OCH3 is 1. The molecule has 0 amide bonds. The molecule has 6 heteroatoms. The van der Waals surface area contributed by atoms with Crippen LogP contribution in [0.1, 0.15) is 5.56 Å². The Kier molecular flexibility index (Phi) is 3.28. The van der Waals surface area contributed by atoms with Gasteiger partial charge in [-0.25, -0.2) is 8.42 Å². The monoisotopic (exact) mass is 236 g/mol. The minimum Gasteiger partial charge on any atom is -0.496 e. The van der Waals surface area contributed by atoms with E-state index >= 15 is 0 Å². The lowest BCUT2D eigenvalue weighted by Gasteiger charge is -2.07. The van der Waals surface area contributed by atoms with Gasteiger partial charge in [0.05, 0.1) is 12.0 Å². The van der Waals surface area contributed by atoms with Crippen molar-refractivity contribution in [1.82, 2.24) is 0 Å². The molecule has 0 heterocycles. The van der Waals surface area contributed by atoms with E-state index in [9.17, 15) is 17.2 Å². The van der Waals surface area contributed by atoms with Crippen LogP contribution in [-0.4, -0.2) is 21.3 Å². The second kappa shape index (κ2) is 4.14. The van der Waals surface area contributed by atoms with E-state index in [1.807, 2.05) is 0 Å². The van der Waals surface area contributed by atoms with Crippen LogP contribution in [0.4, 0.5) is 8.78 Å². The average molecular weight is 236 g/mol. The Morgan fingerprint density at radius 2 is 1.93 bits per heavy atom. The third-order valence-electron chi connectivity index (χ3n) is 1.93. The van der Waals surface area contributed by atoms with Gasteiger partial charge in [-0.3, -0.25) is 0 Å². The summed E-state index contributed by atoms with van der Waals surface area (Å²) in [5, 5.41) is 0. The van der Waals surface area contributed by atoms with Crippen molar-refractivity contribution in [3.05, 3.63) is 23.8 Å². The van der Waals surface area contributed by atoms with Gasteiger partial charge in [0.25, 0.3) is 0 Å². The Morgan fingerprint density at radius 3 is 2.33 bits per heavy atom. The number of halogens is 2. The van der Waals surface area contributed by atoms with E-state index in [1.165, 1.54) is 19.2 Å². The number of sulfone groups is 1. The maximum absolute atomic E-state index is 12.2. The van der Waals surface area contributed by atoms with E-state index in [4.69, 9.17) is 4.74 Å².